The Morgan fingerprint density at radius 2 is 1.83 bits per heavy atom. The molecular formula is C16H33NO. The van der Waals surface area contributed by atoms with Crippen LogP contribution in [0.2, 0.25) is 0 Å². The highest BCUT2D eigenvalue weighted by atomic mass is 16.5. The molecule has 1 aliphatic carbocycles. The summed E-state index contributed by atoms with van der Waals surface area (Å²) < 4.78 is 6.03. The van der Waals surface area contributed by atoms with E-state index < -0.39 is 0 Å². The Bertz CT molecular complexity index is 190. The summed E-state index contributed by atoms with van der Waals surface area (Å²) in [5.74, 6) is 0.846. The lowest BCUT2D eigenvalue weighted by molar-refractivity contribution is 0.0284. The van der Waals surface area contributed by atoms with Gasteiger partial charge in [0, 0.05) is 6.04 Å². The fourth-order valence-electron chi connectivity index (χ4n) is 2.99. The Kier molecular flexibility index (Phi) is 8.70. The maximum absolute atomic E-state index is 6.03. The number of nitrogens with one attached hydrogen (secondary N) is 1. The summed E-state index contributed by atoms with van der Waals surface area (Å²) in [5, 5.41) is 3.71. The first-order valence-corrected chi connectivity index (χ1v) is 8.12. The predicted octanol–water partition coefficient (Wildman–Crippen LogP) is 4.14. The Morgan fingerprint density at radius 3 is 2.44 bits per heavy atom. The number of hydrogen-bond acceptors (Lipinski definition) is 2. The van der Waals surface area contributed by atoms with Crippen molar-refractivity contribution >= 4 is 0 Å². The van der Waals surface area contributed by atoms with Gasteiger partial charge in [0.05, 0.1) is 12.7 Å². The summed E-state index contributed by atoms with van der Waals surface area (Å²) in [6.45, 7) is 8.72. The Labute approximate surface area is 114 Å². The molecule has 1 fully saturated rings. The molecule has 2 nitrogen and oxygen atoms in total. The molecule has 0 saturated heterocycles. The fraction of sp³-hybridized carbons (Fsp3) is 1.00. The van der Waals surface area contributed by atoms with E-state index in [0.717, 1.165) is 19.1 Å². The molecule has 1 aliphatic rings. The van der Waals surface area contributed by atoms with E-state index in [1.54, 1.807) is 0 Å². The van der Waals surface area contributed by atoms with Crippen LogP contribution in [0.15, 0.2) is 0 Å². The van der Waals surface area contributed by atoms with Gasteiger partial charge in [-0.15, -0.1) is 0 Å². The zero-order chi connectivity index (χ0) is 13.2. The van der Waals surface area contributed by atoms with Gasteiger partial charge in [-0.3, -0.25) is 0 Å². The second-order valence-corrected chi connectivity index (χ2v) is 5.89. The summed E-state index contributed by atoms with van der Waals surface area (Å²) in [4.78, 5) is 0. The lowest BCUT2D eigenvalue weighted by atomic mass is 9.84. The van der Waals surface area contributed by atoms with Gasteiger partial charge >= 0.3 is 0 Å². The quantitative estimate of drug-likeness (QED) is 0.668. The predicted molar refractivity (Wildman–Crippen MR) is 79.0 cm³/mol. The van der Waals surface area contributed by atoms with E-state index in [1.807, 2.05) is 0 Å². The van der Waals surface area contributed by atoms with Crippen LogP contribution in [0, 0.1) is 5.92 Å². The van der Waals surface area contributed by atoms with Crippen LogP contribution in [0.5, 0.6) is 0 Å². The molecule has 18 heavy (non-hydrogen) atoms. The number of ether oxygens (including phenoxy) is 1. The third kappa shape index (κ3) is 6.19. The van der Waals surface area contributed by atoms with E-state index in [1.165, 1.54) is 51.4 Å². The summed E-state index contributed by atoms with van der Waals surface area (Å²) >= 11 is 0. The van der Waals surface area contributed by atoms with Crippen LogP contribution in [0.25, 0.3) is 0 Å². The van der Waals surface area contributed by atoms with Crippen LogP contribution in [-0.4, -0.2) is 25.3 Å². The van der Waals surface area contributed by atoms with Gasteiger partial charge < -0.3 is 10.1 Å². The van der Waals surface area contributed by atoms with Crippen molar-refractivity contribution in [3.05, 3.63) is 0 Å². The molecule has 0 spiro atoms. The first-order valence-electron chi connectivity index (χ1n) is 8.12. The van der Waals surface area contributed by atoms with Crippen LogP contribution in [-0.2, 0) is 4.74 Å². The second kappa shape index (κ2) is 9.80. The Balaban J connectivity index is 2.33. The van der Waals surface area contributed by atoms with Crippen LogP contribution in [0.4, 0.5) is 0 Å². The van der Waals surface area contributed by atoms with Crippen molar-refractivity contribution in [1.29, 1.82) is 0 Å². The minimum absolute atomic E-state index is 0.421. The summed E-state index contributed by atoms with van der Waals surface area (Å²) in [5.41, 5.74) is 0. The monoisotopic (exact) mass is 255 g/mol. The van der Waals surface area contributed by atoms with Gasteiger partial charge in [-0.2, -0.15) is 0 Å². The zero-order valence-electron chi connectivity index (χ0n) is 12.7. The summed E-state index contributed by atoms with van der Waals surface area (Å²) in [6, 6.07) is 0.588. The van der Waals surface area contributed by atoms with Crippen molar-refractivity contribution in [2.45, 2.75) is 84.3 Å². The molecule has 1 rings (SSSR count). The van der Waals surface area contributed by atoms with Gasteiger partial charge in [-0.25, -0.2) is 0 Å². The molecule has 0 bridgehead atoms. The van der Waals surface area contributed by atoms with Crippen LogP contribution >= 0.6 is 0 Å². The second-order valence-electron chi connectivity index (χ2n) is 5.89. The van der Waals surface area contributed by atoms with Gasteiger partial charge in [-0.05, 0) is 45.1 Å². The average Bonchev–Trinajstić information content (AvgIpc) is 2.40. The van der Waals surface area contributed by atoms with Crippen molar-refractivity contribution in [3.8, 4) is 0 Å². The van der Waals surface area contributed by atoms with Gasteiger partial charge in [-0.1, -0.05) is 39.5 Å². The molecule has 0 radical (unpaired) electrons. The SMILES string of the molecule is CCCNC(COC(C)CCC)C1CCCCC1. The smallest absolute Gasteiger partial charge is 0.0625 e. The first-order chi connectivity index (χ1) is 8.77. The lowest BCUT2D eigenvalue weighted by Gasteiger charge is -2.31. The highest BCUT2D eigenvalue weighted by Gasteiger charge is 2.23. The van der Waals surface area contributed by atoms with Gasteiger partial charge in [0.25, 0.3) is 0 Å². The molecule has 2 unspecified atom stereocenters. The Hall–Kier alpha value is -0.0800. The fourth-order valence-corrected chi connectivity index (χ4v) is 2.99. The molecule has 1 N–H and O–H groups in total. The van der Waals surface area contributed by atoms with E-state index in [9.17, 15) is 0 Å². The summed E-state index contributed by atoms with van der Waals surface area (Å²) in [7, 11) is 0. The molecule has 0 aliphatic heterocycles. The van der Waals surface area contributed by atoms with E-state index >= 15 is 0 Å². The molecule has 108 valence electrons. The topological polar surface area (TPSA) is 21.3 Å². The molecule has 0 aromatic carbocycles. The van der Waals surface area contributed by atoms with Crippen molar-refractivity contribution in [3.63, 3.8) is 0 Å². The standard InChI is InChI=1S/C16H33NO/c1-4-9-14(3)18-13-16(17-12-5-2)15-10-7-6-8-11-15/h14-17H,4-13H2,1-3H3. The van der Waals surface area contributed by atoms with Gasteiger partial charge in [0.15, 0.2) is 0 Å². The molecule has 0 aromatic rings. The van der Waals surface area contributed by atoms with Gasteiger partial charge in [0.1, 0.15) is 0 Å². The highest BCUT2D eigenvalue weighted by Crippen LogP contribution is 2.27. The molecule has 0 amide bonds. The first kappa shape index (κ1) is 16.0. The van der Waals surface area contributed by atoms with Crippen molar-refractivity contribution in [2.24, 2.45) is 5.92 Å². The van der Waals surface area contributed by atoms with Crippen LogP contribution < -0.4 is 5.32 Å². The maximum atomic E-state index is 6.03. The van der Waals surface area contributed by atoms with Crippen LogP contribution in [0.3, 0.4) is 0 Å². The average molecular weight is 255 g/mol. The van der Waals surface area contributed by atoms with E-state index in [0.29, 0.717) is 12.1 Å². The largest absolute Gasteiger partial charge is 0.377 e. The Morgan fingerprint density at radius 1 is 1.11 bits per heavy atom. The molecule has 2 heteroatoms. The van der Waals surface area contributed by atoms with Crippen LogP contribution in [0.1, 0.15) is 72.1 Å². The van der Waals surface area contributed by atoms with E-state index in [4.69, 9.17) is 4.74 Å². The van der Waals surface area contributed by atoms with Crippen molar-refractivity contribution < 1.29 is 4.74 Å². The molecule has 0 heterocycles. The molecule has 1 saturated carbocycles. The van der Waals surface area contributed by atoms with E-state index in [2.05, 4.69) is 26.1 Å². The summed E-state index contributed by atoms with van der Waals surface area (Å²) in [6.07, 6.45) is 11.1. The number of rotatable bonds is 9. The van der Waals surface area contributed by atoms with Crippen molar-refractivity contribution in [1.82, 2.24) is 5.32 Å². The normalized spacial score (nSPS) is 20.8. The zero-order valence-corrected chi connectivity index (χ0v) is 12.7. The number of hydrogen-bond donors (Lipinski definition) is 1. The molecule has 2 atom stereocenters. The highest BCUT2D eigenvalue weighted by molar-refractivity contribution is 4.79. The van der Waals surface area contributed by atoms with Gasteiger partial charge in [0.2, 0.25) is 0 Å². The minimum atomic E-state index is 0.421. The maximum Gasteiger partial charge on any atom is 0.0625 e. The third-order valence-electron chi connectivity index (χ3n) is 4.13. The minimum Gasteiger partial charge on any atom is -0.377 e. The third-order valence-corrected chi connectivity index (χ3v) is 4.13. The molecule has 0 aromatic heterocycles. The van der Waals surface area contributed by atoms with E-state index in [-0.39, 0.29) is 0 Å². The van der Waals surface area contributed by atoms with Crippen molar-refractivity contribution in [2.75, 3.05) is 13.2 Å². The lowest BCUT2D eigenvalue weighted by Crippen LogP contribution is -2.42. The molecular weight excluding hydrogens is 222 g/mol.